The van der Waals surface area contributed by atoms with Crippen LogP contribution in [0.25, 0.3) is 0 Å². The summed E-state index contributed by atoms with van der Waals surface area (Å²) in [5, 5.41) is 12.8. The highest BCUT2D eigenvalue weighted by atomic mass is 32.1. The number of hydrogen-bond donors (Lipinski definition) is 2. The molecule has 0 saturated heterocycles. The van der Waals surface area contributed by atoms with Gasteiger partial charge in [0, 0.05) is 17.5 Å². The molecule has 18 heavy (non-hydrogen) atoms. The first kappa shape index (κ1) is 13.3. The maximum atomic E-state index is 12.0. The quantitative estimate of drug-likeness (QED) is 0.850. The molecule has 1 saturated carbocycles. The van der Waals surface area contributed by atoms with Gasteiger partial charge in [-0.15, -0.1) is 11.3 Å². The second-order valence-electron chi connectivity index (χ2n) is 4.56. The van der Waals surface area contributed by atoms with Crippen molar-refractivity contribution in [2.75, 3.05) is 13.2 Å². The first-order valence-electron chi connectivity index (χ1n) is 6.20. The average Bonchev–Trinajstić information content (AvgIpc) is 3.11. The average molecular weight is 269 g/mol. The Hall–Kier alpha value is -1.14. The van der Waals surface area contributed by atoms with Gasteiger partial charge in [-0.05, 0) is 26.7 Å². The number of hydrogen-bond acceptors (Lipinski definition) is 4. The van der Waals surface area contributed by atoms with Gasteiger partial charge in [-0.1, -0.05) is 0 Å². The van der Waals surface area contributed by atoms with Gasteiger partial charge in [0.15, 0.2) is 0 Å². The summed E-state index contributed by atoms with van der Waals surface area (Å²) in [5.41, 5.74) is 1.03. The molecule has 0 aliphatic heterocycles. The molecule has 0 bridgehead atoms. The van der Waals surface area contributed by atoms with Crippen molar-refractivity contribution in [2.24, 2.45) is 0 Å². The summed E-state index contributed by atoms with van der Waals surface area (Å²) in [6.07, 6.45) is 2.09. The Balaban J connectivity index is 1.86. The summed E-state index contributed by atoms with van der Waals surface area (Å²) in [4.78, 5) is 19.2. The van der Waals surface area contributed by atoms with Gasteiger partial charge in [0.25, 0.3) is 0 Å². The fourth-order valence-corrected chi connectivity index (χ4v) is 2.69. The minimum Gasteiger partial charge on any atom is -0.395 e. The number of nitrogens with zero attached hydrogens (tertiary/aromatic N) is 2. The van der Waals surface area contributed by atoms with Crippen molar-refractivity contribution < 1.29 is 9.90 Å². The predicted molar refractivity (Wildman–Crippen MR) is 70.6 cm³/mol. The van der Waals surface area contributed by atoms with Crippen molar-refractivity contribution in [2.45, 2.75) is 39.3 Å². The minimum atomic E-state index is -0.0999. The largest absolute Gasteiger partial charge is 0.395 e. The summed E-state index contributed by atoms with van der Waals surface area (Å²) in [5.74, 6) is 0. The van der Waals surface area contributed by atoms with Crippen LogP contribution in [0.2, 0.25) is 0 Å². The number of rotatable bonds is 5. The molecule has 2 rings (SSSR count). The van der Waals surface area contributed by atoms with Crippen LogP contribution in [-0.4, -0.2) is 40.2 Å². The van der Waals surface area contributed by atoms with Crippen molar-refractivity contribution in [3.63, 3.8) is 0 Å². The smallest absolute Gasteiger partial charge is 0.318 e. The van der Waals surface area contributed by atoms with Crippen LogP contribution in [0.15, 0.2) is 0 Å². The zero-order valence-electron chi connectivity index (χ0n) is 10.8. The summed E-state index contributed by atoms with van der Waals surface area (Å²) >= 11 is 1.61. The van der Waals surface area contributed by atoms with Crippen LogP contribution >= 0.6 is 11.3 Å². The molecule has 0 radical (unpaired) electrons. The number of urea groups is 1. The first-order chi connectivity index (χ1) is 8.61. The zero-order valence-corrected chi connectivity index (χ0v) is 11.6. The number of carbonyl (C=O) groups is 1. The lowest BCUT2D eigenvalue weighted by Gasteiger charge is -2.21. The highest BCUT2D eigenvalue weighted by Gasteiger charge is 2.31. The monoisotopic (exact) mass is 269 g/mol. The standard InChI is InChI=1S/C12H19N3O2S/c1-8-9(2)18-11(14-8)7-13-12(17)15(5-6-16)10-3-4-10/h10,16H,3-7H2,1-2H3,(H,13,17). The summed E-state index contributed by atoms with van der Waals surface area (Å²) in [6.45, 7) is 4.89. The molecule has 0 spiro atoms. The van der Waals surface area contributed by atoms with E-state index in [9.17, 15) is 4.79 Å². The molecular weight excluding hydrogens is 250 g/mol. The number of nitrogens with one attached hydrogen (secondary N) is 1. The molecule has 2 N–H and O–H groups in total. The van der Waals surface area contributed by atoms with E-state index in [4.69, 9.17) is 5.11 Å². The lowest BCUT2D eigenvalue weighted by molar-refractivity contribution is 0.173. The van der Waals surface area contributed by atoms with Gasteiger partial charge < -0.3 is 15.3 Å². The Morgan fingerprint density at radius 1 is 1.56 bits per heavy atom. The van der Waals surface area contributed by atoms with Crippen molar-refractivity contribution in [3.8, 4) is 0 Å². The third-order valence-electron chi connectivity index (χ3n) is 3.05. The van der Waals surface area contributed by atoms with Gasteiger partial charge in [-0.25, -0.2) is 9.78 Å². The number of aliphatic hydroxyl groups is 1. The van der Waals surface area contributed by atoms with Gasteiger partial charge in [0.1, 0.15) is 5.01 Å². The van der Waals surface area contributed by atoms with Gasteiger partial charge >= 0.3 is 6.03 Å². The Morgan fingerprint density at radius 2 is 2.28 bits per heavy atom. The second-order valence-corrected chi connectivity index (χ2v) is 5.84. The number of aromatic nitrogens is 1. The Bertz CT molecular complexity index is 409. The van der Waals surface area contributed by atoms with Crippen LogP contribution in [0.3, 0.4) is 0 Å². The zero-order chi connectivity index (χ0) is 13.1. The van der Waals surface area contributed by atoms with E-state index < -0.39 is 0 Å². The van der Waals surface area contributed by atoms with E-state index in [1.54, 1.807) is 16.2 Å². The van der Waals surface area contributed by atoms with Crippen LogP contribution in [0, 0.1) is 13.8 Å². The molecule has 1 aliphatic carbocycles. The number of aliphatic hydroxyl groups excluding tert-OH is 1. The first-order valence-corrected chi connectivity index (χ1v) is 7.01. The van der Waals surface area contributed by atoms with Gasteiger partial charge in [0.2, 0.25) is 0 Å². The van der Waals surface area contributed by atoms with E-state index in [1.807, 2.05) is 13.8 Å². The van der Waals surface area contributed by atoms with Gasteiger partial charge in [-0.3, -0.25) is 0 Å². The number of amides is 2. The van der Waals surface area contributed by atoms with E-state index in [0.29, 0.717) is 19.1 Å². The Labute approximate surface area is 111 Å². The number of carbonyl (C=O) groups excluding carboxylic acids is 1. The normalized spacial score (nSPS) is 14.6. The van der Waals surface area contributed by atoms with Crippen LogP contribution in [0.1, 0.15) is 28.4 Å². The van der Waals surface area contributed by atoms with E-state index in [2.05, 4.69) is 10.3 Å². The second kappa shape index (κ2) is 5.67. The van der Waals surface area contributed by atoms with Crippen molar-refractivity contribution in [1.29, 1.82) is 0 Å². The fraction of sp³-hybridized carbons (Fsp3) is 0.667. The fourth-order valence-electron chi connectivity index (χ4n) is 1.81. The lowest BCUT2D eigenvalue weighted by Crippen LogP contribution is -2.42. The molecule has 0 unspecified atom stereocenters. The van der Waals surface area contributed by atoms with Gasteiger partial charge in [-0.2, -0.15) is 0 Å². The van der Waals surface area contributed by atoms with Crippen LogP contribution in [0.4, 0.5) is 4.79 Å². The number of aryl methyl sites for hydroxylation is 2. The maximum absolute atomic E-state index is 12.0. The van der Waals surface area contributed by atoms with E-state index in [0.717, 1.165) is 23.5 Å². The van der Waals surface area contributed by atoms with Crippen molar-refractivity contribution >= 4 is 17.4 Å². The Kier molecular flexibility index (Phi) is 4.19. The molecule has 5 nitrogen and oxygen atoms in total. The number of thiazole rings is 1. The SMILES string of the molecule is Cc1nc(CNC(=O)N(CCO)C2CC2)sc1C. The molecule has 2 amide bonds. The third-order valence-corrected chi connectivity index (χ3v) is 4.13. The summed E-state index contributed by atoms with van der Waals surface area (Å²) in [7, 11) is 0. The van der Waals surface area contributed by atoms with E-state index >= 15 is 0 Å². The molecule has 1 aliphatic rings. The highest BCUT2D eigenvalue weighted by molar-refractivity contribution is 7.11. The van der Waals surface area contributed by atoms with Crippen molar-refractivity contribution in [3.05, 3.63) is 15.6 Å². The Morgan fingerprint density at radius 3 is 2.78 bits per heavy atom. The molecule has 1 aromatic heterocycles. The van der Waals surface area contributed by atoms with E-state index in [1.165, 1.54) is 4.88 Å². The molecule has 100 valence electrons. The molecule has 1 aromatic rings. The predicted octanol–water partition coefficient (Wildman–Crippen LogP) is 1.43. The summed E-state index contributed by atoms with van der Waals surface area (Å²) in [6, 6.07) is 0.217. The van der Waals surface area contributed by atoms with Crippen molar-refractivity contribution in [1.82, 2.24) is 15.2 Å². The molecule has 1 fully saturated rings. The van der Waals surface area contributed by atoms with Crippen LogP contribution in [-0.2, 0) is 6.54 Å². The highest BCUT2D eigenvalue weighted by Crippen LogP contribution is 2.26. The summed E-state index contributed by atoms with van der Waals surface area (Å²) < 4.78 is 0. The minimum absolute atomic E-state index is 0.0133. The molecule has 1 heterocycles. The molecular formula is C12H19N3O2S. The third kappa shape index (κ3) is 3.20. The van der Waals surface area contributed by atoms with Crippen LogP contribution in [0.5, 0.6) is 0 Å². The molecule has 0 atom stereocenters. The molecule has 0 aromatic carbocycles. The maximum Gasteiger partial charge on any atom is 0.318 e. The lowest BCUT2D eigenvalue weighted by atomic mass is 10.4. The topological polar surface area (TPSA) is 65.5 Å². The van der Waals surface area contributed by atoms with Gasteiger partial charge in [0.05, 0.1) is 18.8 Å². The van der Waals surface area contributed by atoms with E-state index in [-0.39, 0.29) is 12.6 Å². The van der Waals surface area contributed by atoms with Crippen LogP contribution < -0.4 is 5.32 Å². The molecule has 6 heteroatoms.